The van der Waals surface area contributed by atoms with Crippen molar-refractivity contribution in [2.75, 3.05) is 13.1 Å². The monoisotopic (exact) mass is 568 g/mol. The highest BCUT2D eigenvalue weighted by molar-refractivity contribution is 5.95. The number of allylic oxidation sites excluding steroid dienone is 3. The van der Waals surface area contributed by atoms with Gasteiger partial charge >= 0.3 is 0 Å². The molecule has 2 aliphatic rings. The first-order valence-electron chi connectivity index (χ1n) is 13.7. The summed E-state index contributed by atoms with van der Waals surface area (Å²) in [6.07, 6.45) is 9.64. The molecular weight excluding hydrogens is 541 g/mol. The van der Waals surface area contributed by atoms with Crippen LogP contribution < -0.4 is 0 Å². The minimum atomic E-state index is -2.64. The number of nitrogens with zero attached hydrogens (tertiary/aromatic N) is 4. The van der Waals surface area contributed by atoms with Crippen LogP contribution in [0, 0.1) is 5.82 Å². The van der Waals surface area contributed by atoms with Crippen molar-refractivity contribution in [2.24, 2.45) is 0 Å². The predicted octanol–water partition coefficient (Wildman–Crippen LogP) is 6.63. The SMILES string of the molecule is CC1=CC=C(c2cc(O)cc(F)c2)c2cc(-c3n[nH]c4cnc(-c5cncc(CN6CCC(F)(F)C6)c5)cc34)[nH]c2C1. The van der Waals surface area contributed by atoms with Crippen molar-refractivity contribution in [3.63, 3.8) is 0 Å². The van der Waals surface area contributed by atoms with E-state index in [0.717, 1.165) is 56.2 Å². The van der Waals surface area contributed by atoms with Crippen molar-refractivity contribution < 1.29 is 18.3 Å². The van der Waals surface area contributed by atoms with Gasteiger partial charge in [-0.2, -0.15) is 5.10 Å². The summed E-state index contributed by atoms with van der Waals surface area (Å²) in [5, 5.41) is 18.5. The number of hydrogen-bond donors (Lipinski definition) is 3. The van der Waals surface area contributed by atoms with Gasteiger partial charge in [0, 0.05) is 66.6 Å². The number of nitrogens with one attached hydrogen (secondary N) is 2. The lowest BCUT2D eigenvalue weighted by molar-refractivity contribution is 0.0115. The normalized spacial score (nSPS) is 16.8. The molecule has 5 heterocycles. The number of fused-ring (bicyclic) bond motifs is 2. The standard InChI is InChI=1S/C32H27F3N6O/c1-18-2-3-24(20-8-22(33)10-23(42)9-20)25-11-29(38-28(25)6-18)31-26-12-27(37-15-30(26)39-40-31)21-7-19(13-36-14-21)16-41-5-4-32(34,35)17-41/h2-3,7-15,38,42H,4-6,16-17H2,1H3,(H,39,40). The Hall–Kier alpha value is -4.70. The third-order valence-corrected chi connectivity index (χ3v) is 7.82. The number of H-pyrrole nitrogens is 2. The van der Waals surface area contributed by atoms with Crippen molar-refractivity contribution in [2.45, 2.75) is 32.2 Å². The number of phenols is 1. The quantitative estimate of drug-likeness (QED) is 0.221. The van der Waals surface area contributed by atoms with Crippen LogP contribution >= 0.6 is 0 Å². The van der Waals surface area contributed by atoms with Crippen molar-refractivity contribution in [3.8, 4) is 28.4 Å². The fourth-order valence-electron chi connectivity index (χ4n) is 5.83. The number of halogens is 3. The van der Waals surface area contributed by atoms with Crippen molar-refractivity contribution in [1.29, 1.82) is 0 Å². The number of hydrogen-bond acceptors (Lipinski definition) is 5. The predicted molar refractivity (Wildman–Crippen MR) is 154 cm³/mol. The summed E-state index contributed by atoms with van der Waals surface area (Å²) < 4.78 is 41.6. The fraction of sp³-hybridized carbons (Fsp3) is 0.219. The largest absolute Gasteiger partial charge is 0.508 e. The number of alkyl halides is 2. The molecule has 1 fully saturated rings. The molecule has 7 rings (SSSR count). The number of likely N-dealkylation sites (tertiary alicyclic amines) is 1. The molecule has 3 N–H and O–H groups in total. The van der Waals surface area contributed by atoms with Crippen LogP contribution in [0.5, 0.6) is 5.75 Å². The van der Waals surface area contributed by atoms with Crippen LogP contribution in [0.1, 0.15) is 35.7 Å². The molecule has 1 aliphatic heterocycles. The molecule has 7 nitrogen and oxygen atoms in total. The highest BCUT2D eigenvalue weighted by Crippen LogP contribution is 2.37. The van der Waals surface area contributed by atoms with Gasteiger partial charge in [0.15, 0.2) is 0 Å². The van der Waals surface area contributed by atoms with Gasteiger partial charge in [-0.25, -0.2) is 13.2 Å². The van der Waals surface area contributed by atoms with Crippen LogP contribution in [0.4, 0.5) is 13.2 Å². The molecule has 0 bridgehead atoms. The zero-order valence-corrected chi connectivity index (χ0v) is 22.8. The summed E-state index contributed by atoms with van der Waals surface area (Å²) in [6.45, 7) is 2.54. The van der Waals surface area contributed by atoms with Gasteiger partial charge < -0.3 is 10.1 Å². The first kappa shape index (κ1) is 26.2. The van der Waals surface area contributed by atoms with E-state index >= 15 is 0 Å². The summed E-state index contributed by atoms with van der Waals surface area (Å²) in [5.74, 6) is -3.29. The molecule has 212 valence electrons. The summed E-state index contributed by atoms with van der Waals surface area (Å²) in [7, 11) is 0. The Morgan fingerprint density at radius 3 is 2.71 bits per heavy atom. The molecule has 4 aromatic heterocycles. The number of aromatic amines is 2. The number of benzene rings is 1. The Morgan fingerprint density at radius 1 is 1.02 bits per heavy atom. The number of phenolic OH excluding ortho intramolecular Hbond substituents is 1. The zero-order chi connectivity index (χ0) is 29.0. The Kier molecular flexibility index (Phi) is 6.23. The summed E-state index contributed by atoms with van der Waals surface area (Å²) in [5.41, 5.74) is 8.92. The molecule has 0 atom stereocenters. The van der Waals surface area contributed by atoms with Gasteiger partial charge in [-0.15, -0.1) is 0 Å². The second-order valence-corrected chi connectivity index (χ2v) is 11.1. The van der Waals surface area contributed by atoms with E-state index in [1.54, 1.807) is 29.6 Å². The van der Waals surface area contributed by atoms with E-state index in [4.69, 9.17) is 0 Å². The lowest BCUT2D eigenvalue weighted by Crippen LogP contribution is -2.24. The molecule has 0 spiro atoms. The van der Waals surface area contributed by atoms with Crippen molar-refractivity contribution in [3.05, 3.63) is 101 Å². The maximum absolute atomic E-state index is 14.2. The molecule has 0 unspecified atom stereocenters. The van der Waals surface area contributed by atoms with Gasteiger partial charge in [-0.05, 0) is 54.0 Å². The van der Waals surface area contributed by atoms with Gasteiger partial charge in [-0.3, -0.25) is 20.0 Å². The molecule has 5 aromatic rings. The fourth-order valence-corrected chi connectivity index (χ4v) is 5.83. The molecule has 42 heavy (non-hydrogen) atoms. The smallest absolute Gasteiger partial charge is 0.261 e. The zero-order valence-electron chi connectivity index (χ0n) is 22.8. The van der Waals surface area contributed by atoms with Gasteiger partial charge in [0.1, 0.15) is 17.3 Å². The van der Waals surface area contributed by atoms with E-state index in [0.29, 0.717) is 36.5 Å². The number of aromatic hydroxyl groups is 1. The maximum Gasteiger partial charge on any atom is 0.261 e. The molecule has 1 saturated heterocycles. The second-order valence-electron chi connectivity index (χ2n) is 11.1. The van der Waals surface area contributed by atoms with Gasteiger partial charge in [0.25, 0.3) is 5.92 Å². The molecule has 0 saturated carbocycles. The summed E-state index contributed by atoms with van der Waals surface area (Å²) in [6, 6.07) is 9.93. The Bertz CT molecular complexity index is 1880. The molecule has 0 amide bonds. The van der Waals surface area contributed by atoms with E-state index < -0.39 is 11.7 Å². The number of aromatic nitrogens is 5. The first-order valence-corrected chi connectivity index (χ1v) is 13.7. The van der Waals surface area contributed by atoms with E-state index in [2.05, 4.69) is 25.1 Å². The molecule has 1 aliphatic carbocycles. The van der Waals surface area contributed by atoms with Crippen LogP contribution in [0.2, 0.25) is 0 Å². The lowest BCUT2D eigenvalue weighted by Gasteiger charge is -2.15. The van der Waals surface area contributed by atoms with E-state index in [9.17, 15) is 18.3 Å². The molecular formula is C32H27F3N6O. The maximum atomic E-state index is 14.2. The minimum Gasteiger partial charge on any atom is -0.508 e. The lowest BCUT2D eigenvalue weighted by atomic mass is 9.97. The topological polar surface area (TPSA) is 93.7 Å². The van der Waals surface area contributed by atoms with Crippen molar-refractivity contribution >= 4 is 16.5 Å². The molecule has 10 heteroatoms. The second kappa shape index (κ2) is 9.99. The molecule has 0 radical (unpaired) electrons. The van der Waals surface area contributed by atoms with E-state index in [-0.39, 0.29) is 18.7 Å². The van der Waals surface area contributed by atoms with Crippen LogP contribution in [0.3, 0.4) is 0 Å². The summed E-state index contributed by atoms with van der Waals surface area (Å²) >= 11 is 0. The average Bonchev–Trinajstić information content (AvgIpc) is 3.62. The van der Waals surface area contributed by atoms with Crippen LogP contribution in [0.15, 0.2) is 72.7 Å². The Labute approximate surface area is 239 Å². The van der Waals surface area contributed by atoms with E-state index in [1.807, 2.05) is 37.3 Å². The van der Waals surface area contributed by atoms with Gasteiger partial charge in [-0.1, -0.05) is 17.7 Å². The third-order valence-electron chi connectivity index (χ3n) is 7.82. The summed E-state index contributed by atoms with van der Waals surface area (Å²) in [4.78, 5) is 14.2. The van der Waals surface area contributed by atoms with Crippen LogP contribution in [0.25, 0.3) is 39.1 Å². The first-order chi connectivity index (χ1) is 20.2. The highest BCUT2D eigenvalue weighted by atomic mass is 19.3. The number of pyridine rings is 2. The van der Waals surface area contributed by atoms with Crippen LogP contribution in [-0.4, -0.2) is 54.2 Å². The Balaban J connectivity index is 1.24. The van der Waals surface area contributed by atoms with Crippen LogP contribution in [-0.2, 0) is 13.0 Å². The van der Waals surface area contributed by atoms with Gasteiger partial charge in [0.05, 0.1) is 29.6 Å². The highest BCUT2D eigenvalue weighted by Gasteiger charge is 2.38. The minimum absolute atomic E-state index is 0.123. The number of rotatable bonds is 5. The third kappa shape index (κ3) is 4.98. The van der Waals surface area contributed by atoms with Crippen molar-refractivity contribution in [1.82, 2.24) is 30.0 Å². The molecule has 1 aromatic carbocycles. The Morgan fingerprint density at radius 2 is 1.90 bits per heavy atom. The van der Waals surface area contributed by atoms with E-state index in [1.165, 1.54) is 6.07 Å². The van der Waals surface area contributed by atoms with Gasteiger partial charge in [0.2, 0.25) is 0 Å². The average molecular weight is 569 g/mol.